The van der Waals surface area contributed by atoms with E-state index in [9.17, 15) is 4.79 Å². The predicted molar refractivity (Wildman–Crippen MR) is 81.7 cm³/mol. The van der Waals surface area contributed by atoms with Crippen LogP contribution in [-0.4, -0.2) is 22.5 Å². The van der Waals surface area contributed by atoms with Crippen molar-refractivity contribution >= 4 is 23.5 Å². The number of aromatic nitrogens is 2. The molecule has 1 amide bonds. The molecule has 0 saturated carbocycles. The van der Waals surface area contributed by atoms with Crippen molar-refractivity contribution in [2.45, 2.75) is 20.3 Å². The molecule has 110 valence electrons. The van der Waals surface area contributed by atoms with Gasteiger partial charge in [-0.15, -0.1) is 0 Å². The van der Waals surface area contributed by atoms with Crippen molar-refractivity contribution in [1.29, 1.82) is 0 Å². The largest absolute Gasteiger partial charge is 0.493 e. The van der Waals surface area contributed by atoms with E-state index in [-0.39, 0.29) is 18.9 Å². The molecule has 0 aliphatic rings. The lowest BCUT2D eigenvalue weighted by Crippen LogP contribution is -2.17. The summed E-state index contributed by atoms with van der Waals surface area (Å²) in [6, 6.07) is 8.83. The van der Waals surface area contributed by atoms with Gasteiger partial charge in [0.1, 0.15) is 5.75 Å². The molecule has 21 heavy (non-hydrogen) atoms. The Kier molecular flexibility index (Phi) is 5.11. The number of ether oxygens (including phenoxy) is 1. The molecule has 0 saturated heterocycles. The summed E-state index contributed by atoms with van der Waals surface area (Å²) >= 11 is 5.78. The predicted octanol–water partition coefficient (Wildman–Crippen LogP) is 3.15. The summed E-state index contributed by atoms with van der Waals surface area (Å²) in [5.41, 5.74) is 1.63. The normalized spacial score (nSPS) is 10.2. The van der Waals surface area contributed by atoms with Crippen LogP contribution in [-0.2, 0) is 4.79 Å². The summed E-state index contributed by atoms with van der Waals surface area (Å²) in [6.07, 6.45) is 0.221. The summed E-state index contributed by atoms with van der Waals surface area (Å²) in [5, 5.41) is 3.30. The maximum atomic E-state index is 11.8. The lowest BCUT2D eigenvalue weighted by atomic mass is 10.3. The molecule has 0 atom stereocenters. The molecule has 0 aliphatic carbocycles. The molecule has 1 aromatic carbocycles. The fourth-order valence-corrected chi connectivity index (χ4v) is 1.89. The maximum absolute atomic E-state index is 11.8. The number of carbonyl (C=O) groups excluding carboxylic acids is 1. The van der Waals surface area contributed by atoms with Crippen molar-refractivity contribution in [2.75, 3.05) is 11.9 Å². The fraction of sp³-hybridized carbons (Fsp3) is 0.267. The van der Waals surface area contributed by atoms with Crippen LogP contribution in [0.25, 0.3) is 0 Å². The van der Waals surface area contributed by atoms with E-state index in [0.717, 1.165) is 11.4 Å². The number of carbonyl (C=O) groups is 1. The average molecular weight is 306 g/mol. The number of aryl methyl sites for hydroxylation is 2. The molecule has 1 aromatic heterocycles. The van der Waals surface area contributed by atoms with E-state index in [0.29, 0.717) is 16.7 Å². The molecule has 0 bridgehead atoms. The first kappa shape index (κ1) is 15.3. The summed E-state index contributed by atoms with van der Waals surface area (Å²) in [6.45, 7) is 3.99. The van der Waals surface area contributed by atoms with Gasteiger partial charge in [0.25, 0.3) is 0 Å². The molecular formula is C15H16ClN3O2. The van der Waals surface area contributed by atoms with Gasteiger partial charge in [-0.2, -0.15) is 0 Å². The van der Waals surface area contributed by atoms with Gasteiger partial charge in [-0.05, 0) is 44.2 Å². The Morgan fingerprint density at radius 2 is 1.81 bits per heavy atom. The zero-order valence-corrected chi connectivity index (χ0v) is 12.6. The van der Waals surface area contributed by atoms with Crippen molar-refractivity contribution < 1.29 is 9.53 Å². The molecule has 0 fully saturated rings. The van der Waals surface area contributed by atoms with Gasteiger partial charge in [0.15, 0.2) is 0 Å². The van der Waals surface area contributed by atoms with E-state index in [1.807, 2.05) is 19.9 Å². The van der Waals surface area contributed by atoms with Crippen molar-refractivity contribution in [3.63, 3.8) is 0 Å². The third-order valence-corrected chi connectivity index (χ3v) is 2.90. The number of nitrogens with zero attached hydrogens (tertiary/aromatic N) is 2. The minimum Gasteiger partial charge on any atom is -0.493 e. The van der Waals surface area contributed by atoms with E-state index in [4.69, 9.17) is 16.3 Å². The van der Waals surface area contributed by atoms with E-state index in [1.165, 1.54) is 0 Å². The SMILES string of the molecule is Cc1cc(C)nc(NC(=O)CCOc2ccc(Cl)cc2)n1. The topological polar surface area (TPSA) is 64.1 Å². The molecular weight excluding hydrogens is 290 g/mol. The Bertz CT molecular complexity index is 609. The van der Waals surface area contributed by atoms with Crippen LogP contribution in [0.5, 0.6) is 5.75 Å². The van der Waals surface area contributed by atoms with Crippen molar-refractivity contribution in [1.82, 2.24) is 9.97 Å². The van der Waals surface area contributed by atoms with Crippen molar-refractivity contribution in [2.24, 2.45) is 0 Å². The molecule has 0 unspecified atom stereocenters. The lowest BCUT2D eigenvalue weighted by Gasteiger charge is -2.07. The molecule has 1 N–H and O–H groups in total. The van der Waals surface area contributed by atoms with Crippen LogP contribution in [0.4, 0.5) is 5.95 Å². The number of hydrogen-bond donors (Lipinski definition) is 1. The lowest BCUT2D eigenvalue weighted by molar-refractivity contribution is -0.116. The Balaban J connectivity index is 1.80. The highest BCUT2D eigenvalue weighted by molar-refractivity contribution is 6.30. The number of hydrogen-bond acceptors (Lipinski definition) is 4. The average Bonchev–Trinajstić information content (AvgIpc) is 2.39. The zero-order valence-electron chi connectivity index (χ0n) is 11.9. The second-order valence-corrected chi connectivity index (χ2v) is 5.01. The Morgan fingerprint density at radius 1 is 1.19 bits per heavy atom. The number of rotatable bonds is 5. The molecule has 5 nitrogen and oxygen atoms in total. The van der Waals surface area contributed by atoms with Gasteiger partial charge in [-0.1, -0.05) is 11.6 Å². The van der Waals surface area contributed by atoms with E-state index in [2.05, 4.69) is 15.3 Å². The van der Waals surface area contributed by atoms with Gasteiger partial charge < -0.3 is 4.74 Å². The molecule has 0 aliphatic heterocycles. The van der Waals surface area contributed by atoms with Gasteiger partial charge in [0.05, 0.1) is 13.0 Å². The fourth-order valence-electron chi connectivity index (χ4n) is 1.76. The molecule has 0 spiro atoms. The van der Waals surface area contributed by atoms with E-state index in [1.54, 1.807) is 24.3 Å². The van der Waals surface area contributed by atoms with Gasteiger partial charge in [0, 0.05) is 16.4 Å². The standard InChI is InChI=1S/C15H16ClN3O2/c1-10-9-11(2)18-15(17-10)19-14(20)7-8-21-13-5-3-12(16)4-6-13/h3-6,9H,7-8H2,1-2H3,(H,17,18,19,20). The second-order valence-electron chi connectivity index (χ2n) is 4.57. The third kappa shape index (κ3) is 5.04. The third-order valence-electron chi connectivity index (χ3n) is 2.64. The Hall–Kier alpha value is -2.14. The van der Waals surface area contributed by atoms with Crippen molar-refractivity contribution in [3.8, 4) is 5.75 Å². The highest BCUT2D eigenvalue weighted by atomic mass is 35.5. The quantitative estimate of drug-likeness (QED) is 0.921. The summed E-state index contributed by atoms with van der Waals surface area (Å²) in [7, 11) is 0. The van der Waals surface area contributed by atoms with Gasteiger partial charge in [-0.25, -0.2) is 9.97 Å². The molecule has 1 heterocycles. The van der Waals surface area contributed by atoms with Crippen molar-refractivity contribution in [3.05, 3.63) is 46.7 Å². The smallest absolute Gasteiger partial charge is 0.230 e. The van der Waals surface area contributed by atoms with Crippen LogP contribution in [0.1, 0.15) is 17.8 Å². The highest BCUT2D eigenvalue weighted by Crippen LogP contribution is 2.15. The van der Waals surface area contributed by atoms with Gasteiger partial charge >= 0.3 is 0 Å². The molecule has 2 aromatic rings. The van der Waals surface area contributed by atoms with Crippen LogP contribution in [0, 0.1) is 13.8 Å². The van der Waals surface area contributed by atoms with Crippen LogP contribution in [0.2, 0.25) is 5.02 Å². The van der Waals surface area contributed by atoms with E-state index >= 15 is 0 Å². The number of halogens is 1. The minimum atomic E-state index is -0.186. The first-order valence-electron chi connectivity index (χ1n) is 6.53. The molecule has 6 heteroatoms. The first-order valence-corrected chi connectivity index (χ1v) is 6.91. The van der Waals surface area contributed by atoms with E-state index < -0.39 is 0 Å². The van der Waals surface area contributed by atoms with Gasteiger partial charge in [0.2, 0.25) is 11.9 Å². The number of benzene rings is 1. The van der Waals surface area contributed by atoms with Crippen LogP contribution >= 0.6 is 11.6 Å². The van der Waals surface area contributed by atoms with Gasteiger partial charge in [-0.3, -0.25) is 10.1 Å². The summed E-state index contributed by atoms with van der Waals surface area (Å²) in [4.78, 5) is 20.1. The van der Waals surface area contributed by atoms with Crippen LogP contribution < -0.4 is 10.1 Å². The summed E-state index contributed by atoms with van der Waals surface area (Å²) in [5.74, 6) is 0.813. The monoisotopic (exact) mass is 305 g/mol. The minimum absolute atomic E-state index is 0.186. The summed E-state index contributed by atoms with van der Waals surface area (Å²) < 4.78 is 5.46. The first-order chi connectivity index (χ1) is 10.0. The molecule has 0 radical (unpaired) electrons. The zero-order chi connectivity index (χ0) is 15.2. The Morgan fingerprint density at radius 3 is 2.43 bits per heavy atom. The second kappa shape index (κ2) is 7.04. The number of nitrogens with one attached hydrogen (secondary N) is 1. The highest BCUT2D eigenvalue weighted by Gasteiger charge is 2.06. The molecule has 2 rings (SSSR count). The Labute approximate surface area is 128 Å². The maximum Gasteiger partial charge on any atom is 0.230 e. The van der Waals surface area contributed by atoms with Crippen LogP contribution in [0.3, 0.4) is 0 Å². The van der Waals surface area contributed by atoms with Crippen LogP contribution in [0.15, 0.2) is 30.3 Å². The number of anilines is 1. The number of amides is 1.